The number of anilines is 1. The second kappa shape index (κ2) is 7.52. The highest BCUT2D eigenvalue weighted by molar-refractivity contribution is 5.95. The van der Waals surface area contributed by atoms with Gasteiger partial charge in [-0.15, -0.1) is 0 Å². The van der Waals surface area contributed by atoms with Crippen molar-refractivity contribution in [1.82, 2.24) is 0 Å². The summed E-state index contributed by atoms with van der Waals surface area (Å²) in [7, 11) is 0. The van der Waals surface area contributed by atoms with Crippen LogP contribution in [0.3, 0.4) is 0 Å². The van der Waals surface area contributed by atoms with Crippen LogP contribution >= 0.6 is 0 Å². The zero-order chi connectivity index (χ0) is 18.6. The fourth-order valence-corrected chi connectivity index (χ4v) is 2.23. The number of halogens is 1. The minimum Gasteiger partial charge on any atom is -0.452 e. The summed E-state index contributed by atoms with van der Waals surface area (Å²) in [6.45, 7) is 3.09. The van der Waals surface area contributed by atoms with E-state index in [4.69, 9.17) is 4.74 Å². The van der Waals surface area contributed by atoms with Gasteiger partial charge in [0.1, 0.15) is 0 Å². The monoisotopic (exact) mass is 346 g/mol. The van der Waals surface area contributed by atoms with Crippen LogP contribution in [0.4, 0.5) is 15.8 Å². The van der Waals surface area contributed by atoms with Crippen LogP contribution in [0.15, 0.2) is 36.4 Å². The van der Waals surface area contributed by atoms with Crippen LogP contribution in [0.2, 0.25) is 0 Å². The van der Waals surface area contributed by atoms with Crippen LogP contribution in [0, 0.1) is 29.8 Å². The Balaban J connectivity index is 1.98. The Labute approximate surface area is 142 Å². The quantitative estimate of drug-likeness (QED) is 0.509. The Morgan fingerprint density at radius 3 is 2.40 bits per heavy atom. The van der Waals surface area contributed by atoms with Gasteiger partial charge in [-0.25, -0.2) is 4.79 Å². The van der Waals surface area contributed by atoms with Gasteiger partial charge in [-0.1, -0.05) is 17.2 Å². The van der Waals surface area contributed by atoms with Crippen molar-refractivity contribution in [2.45, 2.75) is 13.8 Å². The number of nitrogens with zero attached hydrogens (tertiary/aromatic N) is 1. The largest absolute Gasteiger partial charge is 0.452 e. The normalized spacial score (nSPS) is 10.2. The Morgan fingerprint density at radius 2 is 1.80 bits per heavy atom. The molecule has 0 saturated heterocycles. The Morgan fingerprint density at radius 1 is 1.16 bits per heavy atom. The van der Waals surface area contributed by atoms with E-state index in [2.05, 4.69) is 5.32 Å². The van der Waals surface area contributed by atoms with Gasteiger partial charge >= 0.3 is 11.7 Å². The number of rotatable bonds is 5. The van der Waals surface area contributed by atoms with Gasteiger partial charge in [0.25, 0.3) is 5.91 Å². The molecule has 0 radical (unpaired) electrons. The van der Waals surface area contributed by atoms with Crippen molar-refractivity contribution in [2.24, 2.45) is 0 Å². The third-order valence-electron chi connectivity index (χ3n) is 3.22. The van der Waals surface area contributed by atoms with Gasteiger partial charge in [-0.05, 0) is 38.1 Å². The van der Waals surface area contributed by atoms with Crippen molar-refractivity contribution in [3.05, 3.63) is 69.0 Å². The van der Waals surface area contributed by atoms with Gasteiger partial charge in [0.05, 0.1) is 10.5 Å². The molecule has 0 atom stereocenters. The van der Waals surface area contributed by atoms with E-state index in [1.54, 1.807) is 12.1 Å². The number of benzene rings is 2. The summed E-state index contributed by atoms with van der Waals surface area (Å²) in [5, 5.41) is 13.0. The Bertz CT molecular complexity index is 831. The van der Waals surface area contributed by atoms with E-state index in [1.807, 2.05) is 19.9 Å². The second-order valence-corrected chi connectivity index (χ2v) is 5.42. The lowest BCUT2D eigenvalue weighted by Crippen LogP contribution is -2.21. The van der Waals surface area contributed by atoms with E-state index in [1.165, 1.54) is 6.07 Å². The van der Waals surface area contributed by atoms with E-state index in [-0.39, 0.29) is 5.69 Å². The van der Waals surface area contributed by atoms with Crippen molar-refractivity contribution in [3.8, 4) is 0 Å². The molecular formula is C17H15FN2O5. The molecule has 0 fully saturated rings. The number of esters is 1. The predicted molar refractivity (Wildman–Crippen MR) is 87.9 cm³/mol. The molecule has 2 aromatic rings. The molecule has 0 aliphatic carbocycles. The molecular weight excluding hydrogens is 331 g/mol. The molecule has 0 aromatic heterocycles. The van der Waals surface area contributed by atoms with E-state index in [0.29, 0.717) is 5.56 Å². The number of nitro benzene ring substituents is 1. The van der Waals surface area contributed by atoms with Crippen molar-refractivity contribution in [2.75, 3.05) is 11.9 Å². The van der Waals surface area contributed by atoms with E-state index in [9.17, 15) is 24.1 Å². The number of ether oxygens (including phenoxy) is 1. The lowest BCUT2D eigenvalue weighted by atomic mass is 10.1. The van der Waals surface area contributed by atoms with E-state index in [0.717, 1.165) is 23.3 Å². The lowest BCUT2D eigenvalue weighted by molar-refractivity contribution is -0.387. The van der Waals surface area contributed by atoms with Gasteiger partial charge in [-0.2, -0.15) is 4.39 Å². The molecule has 1 N–H and O–H groups in total. The molecule has 130 valence electrons. The number of carbonyl (C=O) groups excluding carboxylic acids is 2. The number of carbonyl (C=O) groups is 2. The second-order valence-electron chi connectivity index (χ2n) is 5.42. The molecule has 0 saturated carbocycles. The number of hydrogen-bond donors (Lipinski definition) is 1. The first kappa shape index (κ1) is 18.1. The summed E-state index contributed by atoms with van der Waals surface area (Å²) in [4.78, 5) is 33.5. The number of aryl methyl sites for hydroxylation is 2. The average molecular weight is 346 g/mol. The standard InChI is InChI=1S/C17H15FN2O5/c1-10-5-11(2)7-12(6-10)17(22)25-9-16(21)19-13-3-4-14(18)15(8-13)20(23)24/h3-8H,9H2,1-2H3,(H,19,21). The van der Waals surface area contributed by atoms with Crippen LogP contribution in [-0.4, -0.2) is 23.4 Å². The summed E-state index contributed by atoms with van der Waals surface area (Å²) in [6, 6.07) is 8.10. The number of amides is 1. The van der Waals surface area contributed by atoms with Crippen LogP contribution in [-0.2, 0) is 9.53 Å². The molecule has 1 amide bonds. The van der Waals surface area contributed by atoms with Crippen LogP contribution in [0.25, 0.3) is 0 Å². The SMILES string of the molecule is Cc1cc(C)cc(C(=O)OCC(=O)Nc2ccc(F)c([N+](=O)[O-])c2)c1. The summed E-state index contributed by atoms with van der Waals surface area (Å²) < 4.78 is 18.2. The highest BCUT2D eigenvalue weighted by atomic mass is 19.1. The molecule has 0 heterocycles. The van der Waals surface area contributed by atoms with Gasteiger partial charge in [0.15, 0.2) is 6.61 Å². The highest BCUT2D eigenvalue weighted by Gasteiger charge is 2.16. The van der Waals surface area contributed by atoms with Crippen LogP contribution in [0.5, 0.6) is 0 Å². The molecule has 0 bridgehead atoms. The molecule has 0 aliphatic heterocycles. The summed E-state index contributed by atoms with van der Waals surface area (Å²) >= 11 is 0. The fraction of sp³-hybridized carbons (Fsp3) is 0.176. The Hall–Kier alpha value is -3.29. The maximum atomic E-state index is 13.2. The molecule has 0 spiro atoms. The first-order chi connectivity index (χ1) is 11.8. The van der Waals surface area contributed by atoms with Gasteiger partial charge in [-0.3, -0.25) is 14.9 Å². The van der Waals surface area contributed by atoms with E-state index < -0.39 is 34.9 Å². The number of hydrogen-bond acceptors (Lipinski definition) is 5. The zero-order valence-corrected chi connectivity index (χ0v) is 13.5. The van der Waals surface area contributed by atoms with Crippen LogP contribution < -0.4 is 5.32 Å². The summed E-state index contributed by atoms with van der Waals surface area (Å²) in [6.07, 6.45) is 0. The maximum Gasteiger partial charge on any atom is 0.338 e. The van der Waals surface area contributed by atoms with Crippen LogP contribution in [0.1, 0.15) is 21.5 Å². The number of nitro groups is 1. The summed E-state index contributed by atoms with van der Waals surface area (Å²) in [5.41, 5.74) is 1.36. The summed E-state index contributed by atoms with van der Waals surface area (Å²) in [5.74, 6) is -2.37. The third-order valence-corrected chi connectivity index (χ3v) is 3.22. The van der Waals surface area contributed by atoms with Gasteiger partial charge in [0.2, 0.25) is 5.82 Å². The highest BCUT2D eigenvalue weighted by Crippen LogP contribution is 2.21. The smallest absolute Gasteiger partial charge is 0.338 e. The predicted octanol–water partition coefficient (Wildman–Crippen LogP) is 3.15. The Kier molecular flexibility index (Phi) is 5.43. The molecule has 0 aliphatic rings. The van der Waals surface area contributed by atoms with Crippen molar-refractivity contribution < 1.29 is 23.6 Å². The van der Waals surface area contributed by atoms with E-state index >= 15 is 0 Å². The third kappa shape index (κ3) is 4.84. The molecule has 25 heavy (non-hydrogen) atoms. The molecule has 0 unspecified atom stereocenters. The minimum absolute atomic E-state index is 0.0283. The maximum absolute atomic E-state index is 13.2. The van der Waals surface area contributed by atoms with Gasteiger partial charge < -0.3 is 10.1 Å². The first-order valence-corrected chi connectivity index (χ1v) is 7.25. The fourth-order valence-electron chi connectivity index (χ4n) is 2.23. The van der Waals surface area contributed by atoms with Crippen molar-refractivity contribution in [3.63, 3.8) is 0 Å². The van der Waals surface area contributed by atoms with Gasteiger partial charge in [0, 0.05) is 11.8 Å². The van der Waals surface area contributed by atoms with Crippen molar-refractivity contribution >= 4 is 23.3 Å². The minimum atomic E-state index is -1.01. The average Bonchev–Trinajstić information content (AvgIpc) is 2.53. The molecule has 8 heteroatoms. The zero-order valence-electron chi connectivity index (χ0n) is 13.5. The topological polar surface area (TPSA) is 98.5 Å². The molecule has 2 aromatic carbocycles. The first-order valence-electron chi connectivity index (χ1n) is 7.25. The van der Waals surface area contributed by atoms with Crippen molar-refractivity contribution in [1.29, 1.82) is 0 Å². The number of nitrogens with one attached hydrogen (secondary N) is 1. The molecule has 7 nitrogen and oxygen atoms in total. The molecule has 2 rings (SSSR count). The lowest BCUT2D eigenvalue weighted by Gasteiger charge is -2.08.